The molecule has 1 N–H and O–H groups in total. The van der Waals surface area contributed by atoms with Crippen molar-refractivity contribution < 1.29 is 9.53 Å². The first kappa shape index (κ1) is 17.3. The van der Waals surface area contributed by atoms with E-state index in [0.29, 0.717) is 6.54 Å². The van der Waals surface area contributed by atoms with Gasteiger partial charge in [0.25, 0.3) is 0 Å². The molecule has 1 heterocycles. The van der Waals surface area contributed by atoms with Crippen LogP contribution in [0.15, 0.2) is 10.5 Å². The van der Waals surface area contributed by atoms with E-state index in [1.807, 2.05) is 20.8 Å². The first-order chi connectivity index (χ1) is 9.26. The van der Waals surface area contributed by atoms with Crippen LogP contribution in [0.4, 0.5) is 4.79 Å². The summed E-state index contributed by atoms with van der Waals surface area (Å²) in [6.45, 7) is 7.02. The summed E-state index contributed by atoms with van der Waals surface area (Å²) in [5.41, 5.74) is -0.467. The Morgan fingerprint density at radius 3 is 2.80 bits per heavy atom. The predicted molar refractivity (Wildman–Crippen MR) is 84.5 cm³/mol. The summed E-state index contributed by atoms with van der Waals surface area (Å²) in [4.78, 5) is 19.0. The molecule has 0 aliphatic carbocycles. The summed E-state index contributed by atoms with van der Waals surface area (Å²) >= 11 is 3.34. The number of ether oxygens (including phenoxy) is 1. The molecule has 0 spiro atoms. The molecule has 0 aliphatic heterocycles. The number of amides is 1. The molecule has 1 rings (SSSR count). The van der Waals surface area contributed by atoms with Gasteiger partial charge >= 0.3 is 6.09 Å². The standard InChI is InChI=1S/C13H23N3O2S2/c1-13(2,3)18-11(17)14-8-10-9-15-12(20-10)19-7-6-16(4)5/h9H,6-8H2,1-5H3,(H,14,17). The molecular formula is C13H23N3O2S2. The number of rotatable bonds is 6. The van der Waals surface area contributed by atoms with Crippen LogP contribution in [0.25, 0.3) is 0 Å². The van der Waals surface area contributed by atoms with Crippen LogP contribution in [0.1, 0.15) is 25.6 Å². The summed E-state index contributed by atoms with van der Waals surface area (Å²) in [6.07, 6.45) is 1.41. The van der Waals surface area contributed by atoms with Gasteiger partial charge in [0.15, 0.2) is 0 Å². The van der Waals surface area contributed by atoms with Crippen LogP contribution >= 0.6 is 23.1 Å². The number of nitrogens with one attached hydrogen (secondary N) is 1. The fourth-order valence-electron chi connectivity index (χ4n) is 1.23. The second kappa shape index (κ2) is 7.85. The van der Waals surface area contributed by atoms with Gasteiger partial charge in [-0.3, -0.25) is 0 Å². The highest BCUT2D eigenvalue weighted by Gasteiger charge is 2.16. The topological polar surface area (TPSA) is 54.5 Å². The zero-order valence-corrected chi connectivity index (χ0v) is 14.4. The molecule has 0 atom stereocenters. The Hall–Kier alpha value is -0.790. The molecule has 0 saturated carbocycles. The lowest BCUT2D eigenvalue weighted by atomic mass is 10.2. The van der Waals surface area contributed by atoms with Gasteiger partial charge in [-0.2, -0.15) is 0 Å². The Kier molecular flexibility index (Phi) is 6.78. The minimum atomic E-state index is -0.467. The number of thiazole rings is 1. The summed E-state index contributed by atoms with van der Waals surface area (Å²) < 4.78 is 6.22. The van der Waals surface area contributed by atoms with Gasteiger partial charge in [-0.05, 0) is 34.9 Å². The number of carbonyl (C=O) groups is 1. The summed E-state index contributed by atoms with van der Waals surface area (Å²) in [5.74, 6) is 1.01. The van der Waals surface area contributed by atoms with Crippen molar-refractivity contribution in [1.29, 1.82) is 0 Å². The lowest BCUT2D eigenvalue weighted by Crippen LogP contribution is -2.31. The van der Waals surface area contributed by atoms with Gasteiger partial charge < -0.3 is 15.0 Å². The maximum absolute atomic E-state index is 11.5. The van der Waals surface area contributed by atoms with Crippen LogP contribution in [0.3, 0.4) is 0 Å². The number of hydrogen-bond donors (Lipinski definition) is 1. The molecule has 20 heavy (non-hydrogen) atoms. The second-order valence-corrected chi connectivity index (χ2v) is 8.06. The highest BCUT2D eigenvalue weighted by molar-refractivity contribution is 8.01. The van der Waals surface area contributed by atoms with Crippen molar-refractivity contribution in [2.75, 3.05) is 26.4 Å². The van der Waals surface area contributed by atoms with Crippen molar-refractivity contribution in [2.24, 2.45) is 0 Å². The van der Waals surface area contributed by atoms with Crippen LogP contribution < -0.4 is 5.32 Å². The average Bonchev–Trinajstić information content (AvgIpc) is 2.71. The quantitative estimate of drug-likeness (QED) is 0.818. The van der Waals surface area contributed by atoms with Gasteiger partial charge in [0, 0.05) is 23.4 Å². The lowest BCUT2D eigenvalue weighted by molar-refractivity contribution is 0.0524. The summed E-state index contributed by atoms with van der Waals surface area (Å²) in [6, 6.07) is 0. The fraction of sp³-hybridized carbons (Fsp3) is 0.692. The smallest absolute Gasteiger partial charge is 0.407 e. The van der Waals surface area contributed by atoms with E-state index in [0.717, 1.165) is 21.5 Å². The SMILES string of the molecule is CN(C)CCSc1ncc(CNC(=O)OC(C)(C)C)s1. The minimum Gasteiger partial charge on any atom is -0.444 e. The molecule has 0 aromatic carbocycles. The number of hydrogen-bond acceptors (Lipinski definition) is 6. The minimum absolute atomic E-state index is 0.396. The zero-order chi connectivity index (χ0) is 15.2. The third-order valence-electron chi connectivity index (χ3n) is 2.10. The third kappa shape index (κ3) is 7.72. The van der Waals surface area contributed by atoms with E-state index < -0.39 is 11.7 Å². The van der Waals surface area contributed by atoms with Crippen LogP contribution in [0.5, 0.6) is 0 Å². The largest absolute Gasteiger partial charge is 0.444 e. The van der Waals surface area contributed by atoms with Gasteiger partial charge in [-0.15, -0.1) is 11.3 Å². The Bertz CT molecular complexity index is 427. The number of nitrogens with zero attached hydrogens (tertiary/aromatic N) is 2. The monoisotopic (exact) mass is 317 g/mol. The Labute approximate surface area is 129 Å². The van der Waals surface area contributed by atoms with E-state index >= 15 is 0 Å². The molecular weight excluding hydrogens is 294 g/mol. The Balaban J connectivity index is 2.31. The maximum Gasteiger partial charge on any atom is 0.407 e. The van der Waals surface area contributed by atoms with Crippen molar-refractivity contribution in [3.05, 3.63) is 11.1 Å². The Morgan fingerprint density at radius 2 is 2.20 bits per heavy atom. The average molecular weight is 317 g/mol. The van der Waals surface area contributed by atoms with E-state index in [1.165, 1.54) is 0 Å². The van der Waals surface area contributed by atoms with Gasteiger partial charge in [0.2, 0.25) is 0 Å². The molecule has 1 amide bonds. The van der Waals surface area contributed by atoms with Crippen LogP contribution in [0.2, 0.25) is 0 Å². The maximum atomic E-state index is 11.5. The van der Waals surface area contributed by atoms with E-state index in [1.54, 1.807) is 29.3 Å². The predicted octanol–water partition coefficient (Wildman–Crippen LogP) is 2.82. The van der Waals surface area contributed by atoms with Crippen molar-refractivity contribution in [3.8, 4) is 0 Å². The molecule has 0 radical (unpaired) electrons. The fourth-order valence-corrected chi connectivity index (χ4v) is 3.37. The molecule has 1 aromatic rings. The number of alkyl carbamates (subject to hydrolysis) is 1. The first-order valence-corrected chi connectivity index (χ1v) is 8.25. The van der Waals surface area contributed by atoms with E-state index in [2.05, 4.69) is 29.3 Å². The van der Waals surface area contributed by atoms with Crippen LogP contribution in [-0.2, 0) is 11.3 Å². The van der Waals surface area contributed by atoms with Crippen LogP contribution in [0, 0.1) is 0 Å². The molecule has 7 heteroatoms. The van der Waals surface area contributed by atoms with Gasteiger partial charge in [0.05, 0.1) is 6.54 Å². The molecule has 0 fully saturated rings. The van der Waals surface area contributed by atoms with Crippen molar-refractivity contribution in [3.63, 3.8) is 0 Å². The second-order valence-electron chi connectivity index (χ2n) is 5.60. The zero-order valence-electron chi connectivity index (χ0n) is 12.7. The highest BCUT2D eigenvalue weighted by Crippen LogP contribution is 2.24. The molecule has 5 nitrogen and oxygen atoms in total. The van der Waals surface area contributed by atoms with Crippen molar-refractivity contribution in [2.45, 2.75) is 37.3 Å². The number of thioether (sulfide) groups is 1. The normalized spacial score (nSPS) is 11.7. The van der Waals surface area contributed by atoms with Crippen LogP contribution in [-0.4, -0.2) is 48.0 Å². The number of carbonyl (C=O) groups excluding carboxylic acids is 1. The van der Waals surface area contributed by atoms with E-state index in [4.69, 9.17) is 4.74 Å². The van der Waals surface area contributed by atoms with Gasteiger partial charge in [-0.1, -0.05) is 11.8 Å². The van der Waals surface area contributed by atoms with E-state index in [-0.39, 0.29) is 0 Å². The van der Waals surface area contributed by atoms with E-state index in [9.17, 15) is 4.79 Å². The molecule has 0 unspecified atom stereocenters. The molecule has 0 aliphatic rings. The molecule has 1 aromatic heterocycles. The lowest BCUT2D eigenvalue weighted by Gasteiger charge is -2.19. The Morgan fingerprint density at radius 1 is 1.50 bits per heavy atom. The van der Waals surface area contributed by atoms with Crippen molar-refractivity contribution >= 4 is 29.2 Å². The number of aromatic nitrogens is 1. The first-order valence-electron chi connectivity index (χ1n) is 6.45. The van der Waals surface area contributed by atoms with Crippen molar-refractivity contribution in [1.82, 2.24) is 15.2 Å². The van der Waals surface area contributed by atoms with Gasteiger partial charge in [-0.25, -0.2) is 9.78 Å². The molecule has 114 valence electrons. The summed E-state index contributed by atoms with van der Waals surface area (Å²) in [5, 5.41) is 2.73. The highest BCUT2D eigenvalue weighted by atomic mass is 32.2. The van der Waals surface area contributed by atoms with Gasteiger partial charge in [0.1, 0.15) is 9.94 Å². The molecule has 0 saturated heterocycles. The summed E-state index contributed by atoms with van der Waals surface area (Å²) in [7, 11) is 4.11. The molecule has 0 bridgehead atoms. The third-order valence-corrected chi connectivity index (χ3v) is 4.24.